The van der Waals surface area contributed by atoms with Gasteiger partial charge in [0.15, 0.2) is 9.84 Å². The molecule has 4 rings (SSSR count). The van der Waals surface area contributed by atoms with E-state index in [4.69, 9.17) is 0 Å². The number of hydrogen-bond donors (Lipinski definition) is 0. The van der Waals surface area contributed by atoms with Gasteiger partial charge in [0.25, 0.3) is 0 Å². The first-order chi connectivity index (χ1) is 14.3. The second kappa shape index (κ2) is 8.46. The number of hydrogen-bond acceptors (Lipinski definition) is 3. The van der Waals surface area contributed by atoms with Crippen LogP contribution in [0.3, 0.4) is 0 Å². The molecule has 1 saturated carbocycles. The number of pyridine rings is 1. The summed E-state index contributed by atoms with van der Waals surface area (Å²) >= 11 is 0. The Balaban J connectivity index is 1.44. The lowest BCUT2D eigenvalue weighted by molar-refractivity contribution is 0.260. The summed E-state index contributed by atoms with van der Waals surface area (Å²) in [4.78, 5) is 4.79. The summed E-state index contributed by atoms with van der Waals surface area (Å²) in [5.41, 5.74) is 2.96. The quantitative estimate of drug-likeness (QED) is 0.499. The minimum absolute atomic E-state index is 0.114. The minimum atomic E-state index is -3.28. The van der Waals surface area contributed by atoms with E-state index in [1.165, 1.54) is 6.07 Å². The largest absolute Gasteiger partial charge is 0.256 e. The number of halogens is 1. The van der Waals surface area contributed by atoms with E-state index in [1.54, 1.807) is 36.5 Å². The highest BCUT2D eigenvalue weighted by Crippen LogP contribution is 2.41. The first kappa shape index (κ1) is 21.0. The molecular formula is C25H28FNO2S. The Bertz CT molecular complexity index is 1150. The number of aromatic nitrogens is 1. The molecule has 0 bridgehead atoms. The molecule has 1 atom stereocenters. The summed E-state index contributed by atoms with van der Waals surface area (Å²) in [6, 6.07) is 14.0. The van der Waals surface area contributed by atoms with Crippen molar-refractivity contribution < 1.29 is 12.8 Å². The molecule has 1 aliphatic carbocycles. The van der Waals surface area contributed by atoms with Gasteiger partial charge in [0, 0.05) is 11.6 Å². The highest BCUT2D eigenvalue weighted by Gasteiger charge is 2.30. The number of fused-ring (bicyclic) bond motifs is 1. The topological polar surface area (TPSA) is 47.0 Å². The smallest absolute Gasteiger partial charge is 0.178 e. The Morgan fingerprint density at radius 3 is 2.57 bits per heavy atom. The molecule has 30 heavy (non-hydrogen) atoms. The van der Waals surface area contributed by atoms with Gasteiger partial charge < -0.3 is 0 Å². The highest BCUT2D eigenvalue weighted by atomic mass is 32.2. The third kappa shape index (κ3) is 4.41. The van der Waals surface area contributed by atoms with Gasteiger partial charge in [-0.1, -0.05) is 19.1 Å². The van der Waals surface area contributed by atoms with E-state index in [1.807, 2.05) is 19.1 Å². The predicted octanol–water partition coefficient (Wildman–Crippen LogP) is 6.07. The molecule has 0 spiro atoms. The number of nitrogens with zero attached hydrogens (tertiary/aromatic N) is 1. The van der Waals surface area contributed by atoms with Gasteiger partial charge >= 0.3 is 0 Å². The molecule has 1 fully saturated rings. The van der Waals surface area contributed by atoms with Crippen molar-refractivity contribution in [2.75, 3.05) is 5.75 Å². The second-order valence-corrected chi connectivity index (χ2v) is 10.8. The van der Waals surface area contributed by atoms with E-state index in [0.29, 0.717) is 16.7 Å². The van der Waals surface area contributed by atoms with Crippen molar-refractivity contribution in [1.82, 2.24) is 4.98 Å². The van der Waals surface area contributed by atoms with Crippen LogP contribution in [-0.2, 0) is 9.84 Å². The summed E-state index contributed by atoms with van der Waals surface area (Å²) in [6.45, 7) is 3.98. The number of rotatable bonds is 5. The van der Waals surface area contributed by atoms with Crippen molar-refractivity contribution in [3.05, 3.63) is 71.7 Å². The summed E-state index contributed by atoms with van der Waals surface area (Å²) in [6.07, 6.45) is 5.78. The van der Waals surface area contributed by atoms with Gasteiger partial charge in [-0.25, -0.2) is 12.8 Å². The van der Waals surface area contributed by atoms with Crippen molar-refractivity contribution in [1.29, 1.82) is 0 Å². The molecule has 3 aromatic rings. The van der Waals surface area contributed by atoms with Crippen LogP contribution < -0.4 is 0 Å². The Kier molecular flexibility index (Phi) is 5.92. The number of aryl methyl sites for hydroxylation is 1. The van der Waals surface area contributed by atoms with Crippen molar-refractivity contribution in [3.8, 4) is 0 Å². The fraction of sp³-hybridized carbons (Fsp3) is 0.400. The minimum Gasteiger partial charge on any atom is -0.256 e. The zero-order chi connectivity index (χ0) is 21.3. The molecule has 0 radical (unpaired) electrons. The van der Waals surface area contributed by atoms with Gasteiger partial charge in [0.1, 0.15) is 5.82 Å². The SMILES string of the molecule is Cc1cccc(S(=O)(=O)C[C@H](C)C2CCC(c3ccnc4ccc(F)cc34)CC2)c1. The molecule has 0 unspecified atom stereocenters. The number of sulfone groups is 1. The molecule has 1 heterocycles. The van der Waals surface area contributed by atoms with Crippen LogP contribution in [0.4, 0.5) is 4.39 Å². The lowest BCUT2D eigenvalue weighted by Gasteiger charge is -2.33. The van der Waals surface area contributed by atoms with Gasteiger partial charge in [-0.2, -0.15) is 0 Å². The summed E-state index contributed by atoms with van der Waals surface area (Å²) in [7, 11) is -3.28. The normalized spacial score (nSPS) is 20.9. The molecule has 1 aliphatic rings. The third-order valence-electron chi connectivity index (χ3n) is 6.58. The zero-order valence-electron chi connectivity index (χ0n) is 17.5. The van der Waals surface area contributed by atoms with E-state index in [9.17, 15) is 12.8 Å². The second-order valence-electron chi connectivity index (χ2n) is 8.75. The fourth-order valence-corrected chi connectivity index (χ4v) is 6.69. The highest BCUT2D eigenvalue weighted by molar-refractivity contribution is 7.91. The number of benzene rings is 2. The van der Waals surface area contributed by atoms with E-state index in [0.717, 1.165) is 47.7 Å². The van der Waals surface area contributed by atoms with Crippen LogP contribution >= 0.6 is 0 Å². The van der Waals surface area contributed by atoms with Crippen molar-refractivity contribution >= 4 is 20.7 Å². The average Bonchev–Trinajstić information content (AvgIpc) is 2.73. The molecule has 3 nitrogen and oxygen atoms in total. The maximum absolute atomic E-state index is 13.8. The fourth-order valence-electron chi connectivity index (χ4n) is 4.88. The summed E-state index contributed by atoms with van der Waals surface area (Å²) in [5, 5.41) is 0.899. The van der Waals surface area contributed by atoms with Crippen LogP contribution in [0.2, 0.25) is 0 Å². The van der Waals surface area contributed by atoms with Crippen molar-refractivity contribution in [3.63, 3.8) is 0 Å². The van der Waals surface area contributed by atoms with Crippen molar-refractivity contribution in [2.24, 2.45) is 11.8 Å². The van der Waals surface area contributed by atoms with Gasteiger partial charge in [-0.3, -0.25) is 4.98 Å². The Labute approximate surface area is 178 Å². The lowest BCUT2D eigenvalue weighted by atomic mass is 9.74. The maximum atomic E-state index is 13.8. The standard InChI is InChI=1S/C25H28FNO2S/c1-17-4-3-5-22(14-17)30(28,29)16-18(2)19-6-8-20(9-7-19)23-12-13-27-25-11-10-21(26)15-24(23)25/h3-5,10-15,18-20H,6-9,16H2,1-2H3/t18-,19?,20?/m0/s1. The van der Waals surface area contributed by atoms with Crippen LogP contribution in [-0.4, -0.2) is 19.2 Å². The molecule has 2 aromatic carbocycles. The van der Waals surface area contributed by atoms with Crippen LogP contribution in [0.1, 0.15) is 49.7 Å². The Hall–Kier alpha value is -2.27. The molecule has 0 saturated heterocycles. The van der Waals surface area contributed by atoms with E-state index in [-0.39, 0.29) is 17.5 Å². The van der Waals surface area contributed by atoms with Gasteiger partial charge in [0.2, 0.25) is 0 Å². The lowest BCUT2D eigenvalue weighted by Crippen LogP contribution is -2.25. The first-order valence-electron chi connectivity index (χ1n) is 10.7. The molecule has 0 aliphatic heterocycles. The summed E-state index contributed by atoms with van der Waals surface area (Å²) < 4.78 is 39.5. The Morgan fingerprint density at radius 2 is 1.83 bits per heavy atom. The zero-order valence-corrected chi connectivity index (χ0v) is 18.3. The van der Waals surface area contributed by atoms with Crippen LogP contribution in [0.5, 0.6) is 0 Å². The van der Waals surface area contributed by atoms with E-state index >= 15 is 0 Å². The monoisotopic (exact) mass is 425 g/mol. The van der Waals surface area contributed by atoms with E-state index < -0.39 is 9.84 Å². The summed E-state index contributed by atoms with van der Waals surface area (Å²) in [5.74, 6) is 0.832. The van der Waals surface area contributed by atoms with Crippen LogP contribution in [0.25, 0.3) is 10.9 Å². The average molecular weight is 426 g/mol. The molecular weight excluding hydrogens is 397 g/mol. The first-order valence-corrected chi connectivity index (χ1v) is 12.3. The molecule has 1 aromatic heterocycles. The Morgan fingerprint density at radius 1 is 1.07 bits per heavy atom. The molecule has 5 heteroatoms. The van der Waals surface area contributed by atoms with Crippen molar-refractivity contribution in [2.45, 2.75) is 50.3 Å². The molecule has 0 amide bonds. The van der Waals surface area contributed by atoms with Crippen LogP contribution in [0.15, 0.2) is 59.6 Å². The molecule has 158 valence electrons. The van der Waals surface area contributed by atoms with E-state index in [2.05, 4.69) is 11.9 Å². The van der Waals surface area contributed by atoms with Gasteiger partial charge in [0.05, 0.1) is 16.2 Å². The predicted molar refractivity (Wildman–Crippen MR) is 119 cm³/mol. The maximum Gasteiger partial charge on any atom is 0.178 e. The van der Waals surface area contributed by atoms with Gasteiger partial charge in [-0.05, 0) is 97.9 Å². The van der Waals surface area contributed by atoms with Gasteiger partial charge in [-0.15, -0.1) is 0 Å². The van der Waals surface area contributed by atoms with Crippen LogP contribution in [0, 0.1) is 24.6 Å². The molecule has 0 N–H and O–H groups in total. The third-order valence-corrected chi connectivity index (χ3v) is 8.52.